The lowest BCUT2D eigenvalue weighted by atomic mass is 9.75. The molecule has 2 amide bonds. The number of benzene rings is 2. The Kier molecular flexibility index (Phi) is 8.14. The fourth-order valence-electron chi connectivity index (χ4n) is 3.54. The van der Waals surface area contributed by atoms with Gasteiger partial charge in [0.2, 0.25) is 5.91 Å². The summed E-state index contributed by atoms with van der Waals surface area (Å²) < 4.78 is 5.57. The average Bonchev–Trinajstić information content (AvgIpc) is 2.83. The number of ether oxygens (including phenoxy) is 1. The van der Waals surface area contributed by atoms with Gasteiger partial charge in [-0.1, -0.05) is 45.9 Å². The number of carbonyl (C=O) groups excluding carboxylic acids is 3. The first-order chi connectivity index (χ1) is 16.3. The molecule has 12 heteroatoms. The third-order valence-corrected chi connectivity index (χ3v) is 6.61. The van der Waals surface area contributed by atoms with Crippen LogP contribution in [0.2, 0.25) is 0 Å². The molecule has 0 saturated carbocycles. The summed E-state index contributed by atoms with van der Waals surface area (Å²) in [6, 6.07) is 14.5. The van der Waals surface area contributed by atoms with Gasteiger partial charge in [-0.2, -0.15) is 5.26 Å². The Morgan fingerprint density at radius 1 is 1.26 bits per heavy atom. The van der Waals surface area contributed by atoms with Crippen molar-refractivity contribution in [2.24, 2.45) is 16.8 Å². The van der Waals surface area contributed by atoms with E-state index in [0.29, 0.717) is 5.69 Å². The molecule has 3 atom stereocenters. The summed E-state index contributed by atoms with van der Waals surface area (Å²) in [6.07, 6.45) is 0. The van der Waals surface area contributed by atoms with Crippen LogP contribution in [0.1, 0.15) is 11.5 Å². The smallest absolute Gasteiger partial charge is 0.319 e. The first-order valence-corrected chi connectivity index (χ1v) is 11.6. The van der Waals surface area contributed by atoms with E-state index < -0.39 is 40.5 Å². The van der Waals surface area contributed by atoms with Crippen molar-refractivity contribution < 1.29 is 24.0 Å². The quantitative estimate of drug-likeness (QED) is 0.250. The molecule has 0 aromatic heterocycles. The van der Waals surface area contributed by atoms with Gasteiger partial charge in [-0.3, -0.25) is 24.5 Å². The normalized spacial score (nSPS) is 19.5. The molecule has 0 aliphatic carbocycles. The second kappa shape index (κ2) is 11.0. The predicted molar refractivity (Wildman–Crippen MR) is 128 cm³/mol. The molecular weight excluding hydrogens is 528 g/mol. The molecule has 2 aromatic carbocycles. The van der Waals surface area contributed by atoms with Gasteiger partial charge in [-0.25, -0.2) is 4.99 Å². The zero-order chi connectivity index (χ0) is 24.8. The van der Waals surface area contributed by atoms with Crippen LogP contribution >= 0.6 is 27.7 Å². The van der Waals surface area contributed by atoms with E-state index in [2.05, 4.69) is 26.2 Å². The Morgan fingerprint density at radius 3 is 2.56 bits per heavy atom. The van der Waals surface area contributed by atoms with Crippen LogP contribution in [0.4, 0.5) is 11.4 Å². The molecule has 174 valence electrons. The first kappa shape index (κ1) is 25.1. The third kappa shape index (κ3) is 5.49. The summed E-state index contributed by atoms with van der Waals surface area (Å²) in [6.45, 7) is 0. The number of esters is 1. The van der Waals surface area contributed by atoms with Crippen molar-refractivity contribution in [3.63, 3.8) is 0 Å². The number of carbonyl (C=O) groups is 3. The SMILES string of the molecule is COC(=O)C1C(=O)N=C(SCC(=O)Nc2ccc(Br)cc2)C(C#N)C1c1ccccc1[N+](=O)[O-]. The topological polar surface area (TPSA) is 152 Å². The Balaban J connectivity index is 1.91. The Bertz CT molecular complexity index is 1210. The highest BCUT2D eigenvalue weighted by atomic mass is 79.9. The molecule has 0 saturated heterocycles. The number of halogens is 1. The number of nitrogens with zero attached hydrogens (tertiary/aromatic N) is 3. The van der Waals surface area contributed by atoms with Crippen molar-refractivity contribution in [3.8, 4) is 6.07 Å². The van der Waals surface area contributed by atoms with E-state index in [0.717, 1.165) is 23.3 Å². The molecule has 3 unspecified atom stereocenters. The second-order valence-electron chi connectivity index (χ2n) is 7.08. The summed E-state index contributed by atoms with van der Waals surface area (Å²) >= 11 is 4.17. The van der Waals surface area contributed by atoms with Crippen molar-refractivity contribution in [1.29, 1.82) is 5.26 Å². The molecule has 1 heterocycles. The molecule has 1 aliphatic heterocycles. The van der Waals surface area contributed by atoms with Gasteiger partial charge >= 0.3 is 5.97 Å². The monoisotopic (exact) mass is 544 g/mol. The van der Waals surface area contributed by atoms with Gasteiger partial charge in [0, 0.05) is 27.7 Å². The van der Waals surface area contributed by atoms with Crippen molar-refractivity contribution in [2.45, 2.75) is 5.92 Å². The van der Waals surface area contributed by atoms with E-state index >= 15 is 0 Å². The van der Waals surface area contributed by atoms with Crippen LogP contribution in [0.25, 0.3) is 0 Å². The largest absolute Gasteiger partial charge is 0.468 e. The molecule has 0 radical (unpaired) electrons. The van der Waals surface area contributed by atoms with Crippen LogP contribution in [-0.2, 0) is 19.1 Å². The highest BCUT2D eigenvalue weighted by molar-refractivity contribution is 9.10. The van der Waals surface area contributed by atoms with Crippen molar-refractivity contribution in [1.82, 2.24) is 0 Å². The molecule has 2 aromatic rings. The number of methoxy groups -OCH3 is 1. The maximum absolute atomic E-state index is 12.8. The number of amides is 2. The minimum atomic E-state index is -1.53. The van der Waals surface area contributed by atoms with Gasteiger partial charge in [-0.15, -0.1) is 0 Å². The first-order valence-electron chi connectivity index (χ1n) is 9.78. The number of thioether (sulfide) groups is 1. The molecule has 3 rings (SSSR count). The number of hydrogen-bond donors (Lipinski definition) is 1. The molecular formula is C22H17BrN4O6S. The van der Waals surface area contributed by atoms with E-state index in [1.807, 2.05) is 6.07 Å². The molecule has 0 fully saturated rings. The number of rotatable bonds is 6. The van der Waals surface area contributed by atoms with Gasteiger partial charge in [0.1, 0.15) is 11.8 Å². The van der Waals surface area contributed by atoms with Crippen molar-refractivity contribution >= 4 is 61.9 Å². The van der Waals surface area contributed by atoms with Crippen LogP contribution in [-0.4, -0.2) is 40.6 Å². The van der Waals surface area contributed by atoms with E-state index in [9.17, 15) is 29.8 Å². The number of nitro groups is 1. The van der Waals surface area contributed by atoms with Crippen LogP contribution in [0.3, 0.4) is 0 Å². The number of hydrogen-bond acceptors (Lipinski definition) is 8. The Labute approximate surface area is 206 Å². The summed E-state index contributed by atoms with van der Waals surface area (Å²) in [7, 11) is 1.08. The lowest BCUT2D eigenvalue weighted by Gasteiger charge is -2.31. The summed E-state index contributed by atoms with van der Waals surface area (Å²) in [4.78, 5) is 52.5. The summed E-state index contributed by atoms with van der Waals surface area (Å²) in [5, 5.41) is 24.2. The van der Waals surface area contributed by atoms with Crippen LogP contribution < -0.4 is 5.32 Å². The number of anilines is 1. The fourth-order valence-corrected chi connectivity index (χ4v) is 4.69. The molecule has 1 N–H and O–H groups in total. The number of nitrogens with one attached hydrogen (secondary N) is 1. The Morgan fingerprint density at radius 2 is 1.94 bits per heavy atom. The van der Waals surface area contributed by atoms with E-state index in [-0.39, 0.29) is 22.0 Å². The van der Waals surface area contributed by atoms with Crippen molar-refractivity contribution in [3.05, 3.63) is 68.7 Å². The lowest BCUT2D eigenvalue weighted by Crippen LogP contribution is -2.41. The van der Waals surface area contributed by atoms with Gasteiger partial charge in [0.05, 0.1) is 28.9 Å². The van der Waals surface area contributed by atoms with Crippen LogP contribution in [0.15, 0.2) is 58.0 Å². The molecule has 10 nitrogen and oxygen atoms in total. The highest BCUT2D eigenvalue weighted by Crippen LogP contribution is 2.43. The zero-order valence-electron chi connectivity index (χ0n) is 17.6. The number of nitro benzene ring substituents is 1. The zero-order valence-corrected chi connectivity index (χ0v) is 20.0. The summed E-state index contributed by atoms with van der Waals surface area (Å²) in [5.74, 6) is -6.35. The van der Waals surface area contributed by atoms with Gasteiger partial charge in [0.15, 0.2) is 0 Å². The van der Waals surface area contributed by atoms with Crippen LogP contribution in [0.5, 0.6) is 0 Å². The highest BCUT2D eigenvalue weighted by Gasteiger charge is 2.49. The van der Waals surface area contributed by atoms with E-state index in [4.69, 9.17) is 4.74 Å². The lowest BCUT2D eigenvalue weighted by molar-refractivity contribution is -0.385. The molecule has 34 heavy (non-hydrogen) atoms. The number of aliphatic imine (C=N–C) groups is 1. The average molecular weight is 545 g/mol. The minimum Gasteiger partial charge on any atom is -0.468 e. The van der Waals surface area contributed by atoms with E-state index in [1.54, 1.807) is 24.3 Å². The third-order valence-electron chi connectivity index (χ3n) is 5.04. The summed E-state index contributed by atoms with van der Waals surface area (Å²) in [5.41, 5.74) is 0.250. The Hall–Kier alpha value is -3.56. The number of nitriles is 1. The standard InChI is InChI=1S/C22H17BrN4O6S/c1-33-22(30)19-18(14-4-2-3-5-16(14)27(31)32)15(10-24)21(26-20(19)29)34-11-17(28)25-13-8-6-12(23)7-9-13/h2-9,15,18-19H,11H2,1H3,(H,25,28). The predicted octanol–water partition coefficient (Wildman–Crippen LogP) is 3.68. The van der Waals surface area contributed by atoms with Crippen LogP contribution in [0, 0.1) is 33.3 Å². The fraction of sp³-hybridized carbons (Fsp3) is 0.227. The van der Waals surface area contributed by atoms with Gasteiger partial charge < -0.3 is 10.1 Å². The maximum atomic E-state index is 12.8. The van der Waals surface area contributed by atoms with Crippen molar-refractivity contribution in [2.75, 3.05) is 18.2 Å². The minimum absolute atomic E-state index is 0.00163. The van der Waals surface area contributed by atoms with Gasteiger partial charge in [0.25, 0.3) is 11.6 Å². The maximum Gasteiger partial charge on any atom is 0.319 e. The van der Waals surface area contributed by atoms with Gasteiger partial charge in [-0.05, 0) is 24.3 Å². The van der Waals surface area contributed by atoms with E-state index in [1.165, 1.54) is 24.3 Å². The molecule has 0 spiro atoms. The number of para-hydroxylation sites is 1. The molecule has 1 aliphatic rings. The molecule has 0 bridgehead atoms. The second-order valence-corrected chi connectivity index (χ2v) is 8.99.